The van der Waals surface area contributed by atoms with E-state index < -0.39 is 11.7 Å². The zero-order valence-corrected chi connectivity index (χ0v) is 19.1. The highest BCUT2D eigenvalue weighted by atomic mass is 35.5. The first-order valence-electron chi connectivity index (χ1n) is 11.6. The van der Waals surface area contributed by atoms with Crippen LogP contribution in [0.15, 0.2) is 24.5 Å². The molecule has 2 aliphatic heterocycles. The maximum absolute atomic E-state index is 14.2. The number of carbonyl (C=O) groups excluding carboxylic acids is 1. The Morgan fingerprint density at radius 3 is 2.75 bits per heavy atom. The fourth-order valence-corrected chi connectivity index (χ4v) is 5.58. The molecular formula is C24H29ClFN5O. The third-order valence-electron chi connectivity index (χ3n) is 7.21. The Labute approximate surface area is 193 Å². The second-order valence-electron chi connectivity index (χ2n) is 9.16. The predicted molar refractivity (Wildman–Crippen MR) is 123 cm³/mol. The van der Waals surface area contributed by atoms with Crippen LogP contribution in [0.2, 0.25) is 5.02 Å². The van der Waals surface area contributed by atoms with E-state index in [1.54, 1.807) is 18.5 Å². The van der Waals surface area contributed by atoms with Gasteiger partial charge in [0.15, 0.2) is 0 Å². The Bertz CT molecular complexity index is 1000. The highest BCUT2D eigenvalue weighted by molar-refractivity contribution is 6.30. The summed E-state index contributed by atoms with van der Waals surface area (Å²) in [7, 11) is 0. The van der Waals surface area contributed by atoms with Crippen molar-refractivity contribution in [1.29, 1.82) is 0 Å². The number of amides is 1. The molecule has 3 aliphatic rings. The van der Waals surface area contributed by atoms with E-state index in [4.69, 9.17) is 11.6 Å². The molecule has 1 aromatic heterocycles. The topological polar surface area (TPSA) is 61.4 Å². The minimum atomic E-state index is -0.475. The average Bonchev–Trinajstić information content (AvgIpc) is 3.47. The largest absolute Gasteiger partial charge is 0.353 e. The number of hydrogen-bond acceptors (Lipinski definition) is 5. The molecule has 1 unspecified atom stereocenters. The van der Waals surface area contributed by atoms with Crippen LogP contribution in [0.3, 0.4) is 0 Å². The maximum Gasteiger partial charge on any atom is 0.231 e. The fourth-order valence-electron chi connectivity index (χ4n) is 5.46. The van der Waals surface area contributed by atoms with Crippen molar-refractivity contribution in [2.75, 3.05) is 37.6 Å². The number of fused-ring (bicyclic) bond motifs is 1. The first kappa shape index (κ1) is 21.6. The van der Waals surface area contributed by atoms with Crippen molar-refractivity contribution in [3.05, 3.63) is 52.2 Å². The summed E-state index contributed by atoms with van der Waals surface area (Å²) < 4.78 is 14.2. The standard InChI is InChI=1S/C24H29ClFN5O/c1-15-4-7-20-21(15)23(29-14-28-20)30-9-11-31(12-10-30)24(32)22(19-3-2-8-27-19)16-5-6-17(25)18(26)13-16/h5-6,13-15,19,22,27H,2-4,7-12H2,1H3/t15?,19-,22-/m0/s1. The number of nitrogens with zero attached hydrogens (tertiary/aromatic N) is 4. The van der Waals surface area contributed by atoms with Gasteiger partial charge in [-0.25, -0.2) is 14.4 Å². The van der Waals surface area contributed by atoms with Gasteiger partial charge in [0.1, 0.15) is 18.0 Å². The van der Waals surface area contributed by atoms with Gasteiger partial charge in [-0.15, -0.1) is 0 Å². The molecule has 8 heteroatoms. The number of halogens is 2. The summed E-state index contributed by atoms with van der Waals surface area (Å²) in [6, 6.07) is 4.78. The predicted octanol–water partition coefficient (Wildman–Crippen LogP) is 3.50. The Kier molecular flexibility index (Phi) is 6.03. The summed E-state index contributed by atoms with van der Waals surface area (Å²) in [4.78, 5) is 26.9. The Balaban J connectivity index is 1.33. The van der Waals surface area contributed by atoms with E-state index in [2.05, 4.69) is 27.1 Å². The van der Waals surface area contributed by atoms with Gasteiger partial charge < -0.3 is 15.1 Å². The third-order valence-corrected chi connectivity index (χ3v) is 7.52. The van der Waals surface area contributed by atoms with Crippen LogP contribution in [-0.4, -0.2) is 59.5 Å². The van der Waals surface area contributed by atoms with Gasteiger partial charge in [0.2, 0.25) is 5.91 Å². The summed E-state index contributed by atoms with van der Waals surface area (Å²) in [5, 5.41) is 3.53. The second kappa shape index (κ2) is 8.94. The SMILES string of the molecule is CC1CCc2ncnc(N3CCN(C(=O)[C@@H](c4ccc(Cl)c(F)c4)[C@@H]4CCCN4)CC3)c21. The van der Waals surface area contributed by atoms with E-state index in [0.717, 1.165) is 56.8 Å². The minimum absolute atomic E-state index is 0.0205. The average molecular weight is 458 g/mol. The molecule has 1 aromatic carbocycles. The third kappa shape index (κ3) is 3.97. The number of anilines is 1. The van der Waals surface area contributed by atoms with Crippen molar-refractivity contribution < 1.29 is 9.18 Å². The normalized spacial score (nSPS) is 24.0. The van der Waals surface area contributed by atoms with E-state index >= 15 is 0 Å². The molecule has 3 atom stereocenters. The number of hydrogen-bond donors (Lipinski definition) is 1. The lowest BCUT2D eigenvalue weighted by atomic mass is 9.88. The molecule has 0 spiro atoms. The lowest BCUT2D eigenvalue weighted by Crippen LogP contribution is -2.52. The molecule has 1 amide bonds. The van der Waals surface area contributed by atoms with Crippen molar-refractivity contribution in [3.63, 3.8) is 0 Å². The monoisotopic (exact) mass is 457 g/mol. The Hall–Kier alpha value is -2.25. The van der Waals surface area contributed by atoms with Crippen LogP contribution >= 0.6 is 11.6 Å². The van der Waals surface area contributed by atoms with Crippen LogP contribution in [0.1, 0.15) is 54.8 Å². The number of rotatable bonds is 4. The molecule has 3 heterocycles. The summed E-state index contributed by atoms with van der Waals surface area (Å²) in [5.74, 6) is 0.682. The Morgan fingerprint density at radius 2 is 2.03 bits per heavy atom. The first-order chi connectivity index (χ1) is 15.5. The van der Waals surface area contributed by atoms with E-state index in [9.17, 15) is 9.18 Å². The van der Waals surface area contributed by atoms with Crippen LogP contribution in [0.25, 0.3) is 0 Å². The summed E-state index contributed by atoms with van der Waals surface area (Å²) in [5.41, 5.74) is 3.14. The van der Waals surface area contributed by atoms with Crippen molar-refractivity contribution in [3.8, 4) is 0 Å². The number of carbonyl (C=O) groups is 1. The number of aryl methyl sites for hydroxylation is 1. The van der Waals surface area contributed by atoms with Gasteiger partial charge >= 0.3 is 0 Å². The van der Waals surface area contributed by atoms with Gasteiger partial charge in [0, 0.05) is 43.5 Å². The van der Waals surface area contributed by atoms with Crippen LogP contribution in [0.4, 0.5) is 10.2 Å². The van der Waals surface area contributed by atoms with Crippen molar-refractivity contribution in [1.82, 2.24) is 20.2 Å². The van der Waals surface area contributed by atoms with Crippen molar-refractivity contribution in [2.24, 2.45) is 0 Å². The number of benzene rings is 1. The van der Waals surface area contributed by atoms with Gasteiger partial charge in [0.05, 0.1) is 10.9 Å². The van der Waals surface area contributed by atoms with Crippen molar-refractivity contribution >= 4 is 23.3 Å². The lowest BCUT2D eigenvalue weighted by molar-refractivity contribution is -0.133. The van der Waals surface area contributed by atoms with Gasteiger partial charge in [-0.05, 0) is 55.8 Å². The zero-order valence-electron chi connectivity index (χ0n) is 18.4. The van der Waals surface area contributed by atoms with Gasteiger partial charge in [-0.3, -0.25) is 4.79 Å². The van der Waals surface area contributed by atoms with Crippen LogP contribution in [-0.2, 0) is 11.2 Å². The molecular weight excluding hydrogens is 429 g/mol. The maximum atomic E-state index is 14.2. The molecule has 2 saturated heterocycles. The van der Waals surface area contributed by atoms with Gasteiger partial charge in [0.25, 0.3) is 0 Å². The highest BCUT2D eigenvalue weighted by Crippen LogP contribution is 2.37. The molecule has 32 heavy (non-hydrogen) atoms. The summed E-state index contributed by atoms with van der Waals surface area (Å²) >= 11 is 5.90. The lowest BCUT2D eigenvalue weighted by Gasteiger charge is -2.38. The first-order valence-corrected chi connectivity index (χ1v) is 12.0. The zero-order chi connectivity index (χ0) is 22.2. The molecule has 1 aliphatic carbocycles. The van der Waals surface area contributed by atoms with Crippen LogP contribution < -0.4 is 10.2 Å². The molecule has 2 aromatic rings. The van der Waals surface area contributed by atoms with Crippen LogP contribution in [0, 0.1) is 5.82 Å². The second-order valence-corrected chi connectivity index (χ2v) is 9.57. The Morgan fingerprint density at radius 1 is 1.22 bits per heavy atom. The van der Waals surface area contributed by atoms with Gasteiger partial charge in [-0.2, -0.15) is 0 Å². The molecule has 0 radical (unpaired) electrons. The van der Waals surface area contributed by atoms with Crippen molar-refractivity contribution in [2.45, 2.75) is 50.5 Å². The van der Waals surface area contributed by atoms with Gasteiger partial charge in [-0.1, -0.05) is 24.6 Å². The molecule has 5 rings (SSSR count). The number of nitrogens with one attached hydrogen (secondary N) is 1. The van der Waals surface area contributed by atoms with E-state index in [1.807, 2.05) is 4.90 Å². The molecule has 0 saturated carbocycles. The molecule has 0 bridgehead atoms. The van der Waals surface area contributed by atoms with E-state index in [1.165, 1.54) is 11.6 Å². The minimum Gasteiger partial charge on any atom is -0.353 e. The van der Waals surface area contributed by atoms with Crippen LogP contribution in [0.5, 0.6) is 0 Å². The molecule has 6 nitrogen and oxygen atoms in total. The number of piperazine rings is 1. The smallest absolute Gasteiger partial charge is 0.231 e. The number of aromatic nitrogens is 2. The molecule has 1 N–H and O–H groups in total. The molecule has 170 valence electrons. The molecule has 2 fully saturated rings. The van der Waals surface area contributed by atoms with E-state index in [0.29, 0.717) is 24.6 Å². The van der Waals surface area contributed by atoms with E-state index in [-0.39, 0.29) is 17.0 Å². The summed E-state index contributed by atoms with van der Waals surface area (Å²) in [6.07, 6.45) is 5.73. The highest BCUT2D eigenvalue weighted by Gasteiger charge is 2.37. The quantitative estimate of drug-likeness (QED) is 0.761. The fraction of sp³-hybridized carbons (Fsp3) is 0.542. The summed E-state index contributed by atoms with van der Waals surface area (Å²) in [6.45, 7) is 5.86.